The number of fused-ring (bicyclic) bond motifs is 3. The lowest BCUT2D eigenvalue weighted by Crippen LogP contribution is -1.97. The molecule has 3 heteroatoms. The van der Waals surface area contributed by atoms with Gasteiger partial charge in [0, 0.05) is 22.5 Å². The quantitative estimate of drug-likeness (QED) is 0.605. The molecule has 0 spiro atoms. The SMILES string of the molecule is c1ccc(COc2cccc3c2[nH]c2ccccc23)nc1. The van der Waals surface area contributed by atoms with E-state index in [2.05, 4.69) is 34.2 Å². The molecule has 1 N–H and O–H groups in total. The molecule has 3 nitrogen and oxygen atoms in total. The third-order valence-electron chi connectivity index (χ3n) is 3.60. The molecule has 0 aliphatic rings. The number of hydrogen-bond acceptors (Lipinski definition) is 2. The molecule has 102 valence electrons. The first-order valence-corrected chi connectivity index (χ1v) is 6.94. The Morgan fingerprint density at radius 1 is 0.857 bits per heavy atom. The van der Waals surface area contributed by atoms with E-state index >= 15 is 0 Å². The summed E-state index contributed by atoms with van der Waals surface area (Å²) in [6.07, 6.45) is 1.78. The Balaban J connectivity index is 1.75. The van der Waals surface area contributed by atoms with Crippen LogP contribution in [0, 0.1) is 0 Å². The van der Waals surface area contributed by atoms with Crippen LogP contribution in [0.1, 0.15) is 5.69 Å². The van der Waals surface area contributed by atoms with Crippen molar-refractivity contribution in [1.29, 1.82) is 0 Å². The fraction of sp³-hybridized carbons (Fsp3) is 0.0556. The molecule has 0 aliphatic carbocycles. The standard InChI is InChI=1S/C18H14N2O/c1-2-9-16-14(7-1)15-8-5-10-17(18(15)20-16)21-12-13-6-3-4-11-19-13/h1-11,20H,12H2. The monoisotopic (exact) mass is 274 g/mol. The molecule has 0 saturated carbocycles. The highest BCUT2D eigenvalue weighted by Gasteiger charge is 2.08. The van der Waals surface area contributed by atoms with Crippen LogP contribution in [-0.4, -0.2) is 9.97 Å². The van der Waals surface area contributed by atoms with Gasteiger partial charge in [-0.1, -0.05) is 36.4 Å². The van der Waals surface area contributed by atoms with Crippen LogP contribution in [0.25, 0.3) is 21.8 Å². The van der Waals surface area contributed by atoms with Crippen LogP contribution in [-0.2, 0) is 6.61 Å². The predicted octanol–water partition coefficient (Wildman–Crippen LogP) is 4.30. The molecule has 2 aromatic carbocycles. The third-order valence-corrected chi connectivity index (χ3v) is 3.60. The van der Waals surface area contributed by atoms with Crippen LogP contribution in [0.3, 0.4) is 0 Å². The summed E-state index contributed by atoms with van der Waals surface area (Å²) in [5.41, 5.74) is 3.08. The van der Waals surface area contributed by atoms with Crippen LogP contribution < -0.4 is 4.74 Å². The van der Waals surface area contributed by atoms with Crippen molar-refractivity contribution in [2.75, 3.05) is 0 Å². The Morgan fingerprint density at radius 3 is 2.62 bits per heavy atom. The molecule has 0 bridgehead atoms. The van der Waals surface area contributed by atoms with Crippen molar-refractivity contribution in [1.82, 2.24) is 9.97 Å². The molecule has 4 aromatic rings. The topological polar surface area (TPSA) is 37.9 Å². The highest BCUT2D eigenvalue weighted by molar-refractivity contribution is 6.09. The molecule has 4 rings (SSSR count). The van der Waals surface area contributed by atoms with E-state index in [1.54, 1.807) is 6.20 Å². The second kappa shape index (κ2) is 4.94. The van der Waals surface area contributed by atoms with E-state index in [4.69, 9.17) is 4.74 Å². The maximum absolute atomic E-state index is 5.94. The highest BCUT2D eigenvalue weighted by Crippen LogP contribution is 2.31. The number of H-pyrrole nitrogens is 1. The lowest BCUT2D eigenvalue weighted by atomic mass is 10.1. The van der Waals surface area contributed by atoms with Crippen molar-refractivity contribution < 1.29 is 4.74 Å². The maximum atomic E-state index is 5.94. The van der Waals surface area contributed by atoms with Gasteiger partial charge in [-0.05, 0) is 24.3 Å². The summed E-state index contributed by atoms with van der Waals surface area (Å²) in [5, 5.41) is 2.40. The number of benzene rings is 2. The average molecular weight is 274 g/mol. The number of aromatic amines is 1. The minimum absolute atomic E-state index is 0.468. The van der Waals surface area contributed by atoms with Gasteiger partial charge < -0.3 is 9.72 Å². The molecule has 0 fully saturated rings. The smallest absolute Gasteiger partial charge is 0.143 e. The molecule has 0 radical (unpaired) electrons. The largest absolute Gasteiger partial charge is 0.485 e. The molecule has 2 aromatic heterocycles. The molecule has 0 unspecified atom stereocenters. The van der Waals surface area contributed by atoms with Gasteiger partial charge in [-0.15, -0.1) is 0 Å². The Hall–Kier alpha value is -2.81. The number of pyridine rings is 1. The Labute approximate surface area is 122 Å². The van der Waals surface area contributed by atoms with Crippen molar-refractivity contribution in [3.8, 4) is 5.75 Å². The third kappa shape index (κ3) is 2.13. The van der Waals surface area contributed by atoms with E-state index < -0.39 is 0 Å². The van der Waals surface area contributed by atoms with Crippen molar-refractivity contribution in [2.24, 2.45) is 0 Å². The van der Waals surface area contributed by atoms with E-state index in [1.165, 1.54) is 10.8 Å². The Morgan fingerprint density at radius 2 is 1.71 bits per heavy atom. The Bertz CT molecular complexity index is 897. The summed E-state index contributed by atoms with van der Waals surface area (Å²) in [4.78, 5) is 7.72. The molecule has 2 heterocycles. The predicted molar refractivity (Wildman–Crippen MR) is 84.4 cm³/mol. The zero-order chi connectivity index (χ0) is 14.1. The maximum Gasteiger partial charge on any atom is 0.143 e. The molecular weight excluding hydrogens is 260 g/mol. The van der Waals surface area contributed by atoms with E-state index in [1.807, 2.05) is 36.4 Å². The van der Waals surface area contributed by atoms with Crippen molar-refractivity contribution in [3.05, 3.63) is 72.6 Å². The fourth-order valence-corrected chi connectivity index (χ4v) is 2.60. The van der Waals surface area contributed by atoms with E-state index in [9.17, 15) is 0 Å². The van der Waals surface area contributed by atoms with Crippen molar-refractivity contribution >= 4 is 21.8 Å². The lowest BCUT2D eigenvalue weighted by Gasteiger charge is -2.06. The zero-order valence-electron chi connectivity index (χ0n) is 11.4. The van der Waals surface area contributed by atoms with Crippen LogP contribution in [0.5, 0.6) is 5.75 Å². The zero-order valence-corrected chi connectivity index (χ0v) is 11.4. The average Bonchev–Trinajstić information content (AvgIpc) is 2.93. The number of ether oxygens (including phenoxy) is 1. The summed E-state index contributed by atoms with van der Waals surface area (Å²) in [6, 6.07) is 20.2. The highest BCUT2D eigenvalue weighted by atomic mass is 16.5. The second-order valence-electron chi connectivity index (χ2n) is 4.96. The molecule has 21 heavy (non-hydrogen) atoms. The van der Waals surface area contributed by atoms with Gasteiger partial charge in [0.2, 0.25) is 0 Å². The normalized spacial score (nSPS) is 11.0. The number of para-hydroxylation sites is 2. The van der Waals surface area contributed by atoms with Gasteiger partial charge in [-0.25, -0.2) is 0 Å². The Kier molecular flexibility index (Phi) is 2.82. The van der Waals surface area contributed by atoms with Crippen LogP contribution >= 0.6 is 0 Å². The van der Waals surface area contributed by atoms with E-state index in [-0.39, 0.29) is 0 Å². The van der Waals surface area contributed by atoms with Gasteiger partial charge in [0.15, 0.2) is 0 Å². The van der Waals surface area contributed by atoms with Gasteiger partial charge in [-0.3, -0.25) is 4.98 Å². The van der Waals surface area contributed by atoms with Gasteiger partial charge in [-0.2, -0.15) is 0 Å². The first-order valence-electron chi connectivity index (χ1n) is 6.94. The number of nitrogens with zero attached hydrogens (tertiary/aromatic N) is 1. The number of aromatic nitrogens is 2. The summed E-state index contributed by atoms with van der Waals surface area (Å²) in [7, 11) is 0. The first kappa shape index (κ1) is 12.0. The van der Waals surface area contributed by atoms with Crippen molar-refractivity contribution in [2.45, 2.75) is 6.61 Å². The molecule has 0 saturated heterocycles. The van der Waals surface area contributed by atoms with Gasteiger partial charge in [0.25, 0.3) is 0 Å². The summed E-state index contributed by atoms with van der Waals surface area (Å²) in [5.74, 6) is 0.856. The molecular formula is C18H14N2O. The molecule has 0 amide bonds. The van der Waals surface area contributed by atoms with Gasteiger partial charge >= 0.3 is 0 Å². The molecule has 0 atom stereocenters. The van der Waals surface area contributed by atoms with E-state index in [0.29, 0.717) is 6.61 Å². The second-order valence-corrected chi connectivity index (χ2v) is 4.96. The summed E-state index contributed by atoms with van der Waals surface area (Å²) in [6.45, 7) is 0.468. The first-order chi connectivity index (χ1) is 10.4. The van der Waals surface area contributed by atoms with Gasteiger partial charge in [0.1, 0.15) is 12.4 Å². The number of rotatable bonds is 3. The van der Waals surface area contributed by atoms with E-state index in [0.717, 1.165) is 22.5 Å². The minimum atomic E-state index is 0.468. The lowest BCUT2D eigenvalue weighted by molar-refractivity contribution is 0.304. The number of hydrogen-bond donors (Lipinski definition) is 1. The summed E-state index contributed by atoms with van der Waals surface area (Å²) >= 11 is 0. The van der Waals surface area contributed by atoms with Crippen LogP contribution in [0.2, 0.25) is 0 Å². The van der Waals surface area contributed by atoms with Crippen molar-refractivity contribution in [3.63, 3.8) is 0 Å². The van der Waals surface area contributed by atoms with Crippen LogP contribution in [0.4, 0.5) is 0 Å². The van der Waals surface area contributed by atoms with Gasteiger partial charge in [0.05, 0.1) is 11.2 Å². The number of nitrogens with one attached hydrogen (secondary N) is 1. The van der Waals surface area contributed by atoms with Crippen LogP contribution in [0.15, 0.2) is 66.9 Å². The molecule has 0 aliphatic heterocycles. The summed E-state index contributed by atoms with van der Waals surface area (Å²) < 4.78 is 5.94. The fourth-order valence-electron chi connectivity index (χ4n) is 2.60. The minimum Gasteiger partial charge on any atom is -0.485 e.